The lowest BCUT2D eigenvalue weighted by atomic mass is 10.1. The first-order valence-electron chi connectivity index (χ1n) is 10.4. The minimum atomic E-state index is -0.393. The quantitative estimate of drug-likeness (QED) is 0.297. The van der Waals surface area contributed by atoms with Gasteiger partial charge in [0.2, 0.25) is 5.75 Å². The molecule has 34 heavy (non-hydrogen) atoms. The van der Waals surface area contributed by atoms with E-state index in [9.17, 15) is 4.39 Å². The Morgan fingerprint density at radius 3 is 2.09 bits per heavy atom. The second kappa shape index (κ2) is 10.5. The molecular formula is C25H24FN3O4S. The van der Waals surface area contributed by atoms with Crippen LogP contribution in [0.3, 0.4) is 0 Å². The maximum absolute atomic E-state index is 14.9. The van der Waals surface area contributed by atoms with Crippen LogP contribution in [0.25, 0.3) is 17.1 Å². The molecule has 0 aliphatic heterocycles. The molecule has 0 amide bonds. The highest BCUT2D eigenvalue weighted by Crippen LogP contribution is 2.42. The van der Waals surface area contributed by atoms with E-state index in [1.165, 1.54) is 39.2 Å². The van der Waals surface area contributed by atoms with E-state index in [-0.39, 0.29) is 0 Å². The number of methoxy groups -OCH3 is 4. The highest BCUT2D eigenvalue weighted by atomic mass is 32.2. The number of thioether (sulfide) groups is 1. The van der Waals surface area contributed by atoms with Gasteiger partial charge in [-0.1, -0.05) is 42.1 Å². The van der Waals surface area contributed by atoms with Crippen LogP contribution in [0.4, 0.5) is 4.39 Å². The Hall–Kier alpha value is -3.72. The summed E-state index contributed by atoms with van der Waals surface area (Å²) < 4.78 is 38.5. The van der Waals surface area contributed by atoms with Crippen LogP contribution in [0, 0.1) is 5.82 Å². The lowest BCUT2D eigenvalue weighted by Crippen LogP contribution is -2.03. The van der Waals surface area contributed by atoms with Crippen LogP contribution in [0.2, 0.25) is 0 Å². The van der Waals surface area contributed by atoms with Gasteiger partial charge in [-0.15, -0.1) is 10.2 Å². The predicted molar refractivity (Wildman–Crippen MR) is 129 cm³/mol. The fraction of sp³-hybridized carbons (Fsp3) is 0.200. The molecule has 0 N–H and O–H groups in total. The average molecular weight is 482 g/mol. The maximum Gasteiger partial charge on any atom is 0.203 e. The molecule has 0 saturated heterocycles. The van der Waals surface area contributed by atoms with Crippen LogP contribution in [0.15, 0.2) is 65.8 Å². The summed E-state index contributed by atoms with van der Waals surface area (Å²) in [7, 11) is 6.25. The normalized spacial score (nSPS) is 10.7. The predicted octanol–water partition coefficient (Wildman–Crippen LogP) is 5.40. The number of ether oxygens (including phenoxy) is 4. The number of halogens is 1. The third-order valence-corrected chi connectivity index (χ3v) is 6.18. The number of aromatic nitrogens is 3. The molecule has 3 aromatic carbocycles. The van der Waals surface area contributed by atoms with Crippen molar-refractivity contribution in [3.05, 3.63) is 72.0 Å². The van der Waals surface area contributed by atoms with E-state index in [2.05, 4.69) is 10.2 Å². The highest BCUT2D eigenvalue weighted by molar-refractivity contribution is 7.98. The Kier molecular flexibility index (Phi) is 7.22. The van der Waals surface area contributed by atoms with E-state index in [0.717, 1.165) is 11.3 Å². The van der Waals surface area contributed by atoms with E-state index in [1.807, 2.05) is 24.3 Å². The van der Waals surface area contributed by atoms with Crippen LogP contribution in [-0.4, -0.2) is 43.2 Å². The van der Waals surface area contributed by atoms with Gasteiger partial charge >= 0.3 is 0 Å². The van der Waals surface area contributed by atoms with Crippen molar-refractivity contribution in [3.63, 3.8) is 0 Å². The zero-order valence-electron chi connectivity index (χ0n) is 19.2. The van der Waals surface area contributed by atoms with E-state index < -0.39 is 5.82 Å². The van der Waals surface area contributed by atoms with Crippen LogP contribution < -0.4 is 18.9 Å². The van der Waals surface area contributed by atoms with Gasteiger partial charge < -0.3 is 18.9 Å². The SMILES string of the molecule is COc1ccccc1CSc1nnc(-c2cc(OC)c(OC)c(OC)c2)n1-c1ccccc1F. The third-order valence-electron chi connectivity index (χ3n) is 5.20. The topological polar surface area (TPSA) is 67.6 Å². The van der Waals surface area contributed by atoms with Crippen LogP contribution >= 0.6 is 11.8 Å². The number of benzene rings is 3. The second-order valence-electron chi connectivity index (χ2n) is 7.11. The first kappa shape index (κ1) is 23.4. The fourth-order valence-electron chi connectivity index (χ4n) is 3.58. The van der Waals surface area contributed by atoms with Gasteiger partial charge in [-0.05, 0) is 30.3 Å². The summed E-state index contributed by atoms with van der Waals surface area (Å²) in [6.07, 6.45) is 0. The van der Waals surface area contributed by atoms with Crippen LogP contribution in [0.1, 0.15) is 5.56 Å². The van der Waals surface area contributed by atoms with Gasteiger partial charge in [-0.25, -0.2) is 4.39 Å². The zero-order valence-corrected chi connectivity index (χ0v) is 20.1. The minimum absolute atomic E-state index is 0.332. The summed E-state index contributed by atoms with van der Waals surface area (Å²) in [6, 6.07) is 17.8. The van der Waals surface area contributed by atoms with Crippen molar-refractivity contribution in [2.75, 3.05) is 28.4 Å². The monoisotopic (exact) mass is 481 g/mol. The summed E-state index contributed by atoms with van der Waals surface area (Å²) in [5, 5.41) is 9.32. The minimum Gasteiger partial charge on any atom is -0.496 e. The second-order valence-corrected chi connectivity index (χ2v) is 8.05. The van der Waals surface area contributed by atoms with Gasteiger partial charge in [0.1, 0.15) is 11.6 Å². The molecular weight excluding hydrogens is 457 g/mol. The molecule has 0 bridgehead atoms. The van der Waals surface area contributed by atoms with Crippen molar-refractivity contribution in [3.8, 4) is 40.1 Å². The molecule has 4 aromatic rings. The van der Waals surface area contributed by atoms with Gasteiger partial charge in [0.05, 0.1) is 34.1 Å². The molecule has 0 spiro atoms. The summed E-state index contributed by atoms with van der Waals surface area (Å²) in [6.45, 7) is 0. The molecule has 0 saturated carbocycles. The van der Waals surface area contributed by atoms with Gasteiger partial charge in [-0.2, -0.15) is 0 Å². The smallest absolute Gasteiger partial charge is 0.203 e. The molecule has 0 unspecified atom stereocenters. The average Bonchev–Trinajstić information content (AvgIpc) is 3.30. The van der Waals surface area contributed by atoms with Crippen molar-refractivity contribution in [2.24, 2.45) is 0 Å². The first-order chi connectivity index (χ1) is 16.6. The summed E-state index contributed by atoms with van der Waals surface area (Å²) in [5.74, 6) is 2.76. The van der Waals surface area contributed by atoms with Gasteiger partial charge in [-0.3, -0.25) is 4.57 Å². The summed E-state index contributed by atoms with van der Waals surface area (Å²) in [4.78, 5) is 0. The number of hydrogen-bond donors (Lipinski definition) is 0. The number of nitrogens with zero attached hydrogens (tertiary/aromatic N) is 3. The highest BCUT2D eigenvalue weighted by Gasteiger charge is 2.22. The molecule has 0 atom stereocenters. The standard InChI is InChI=1S/C25H24FN3O4S/c1-30-20-12-8-5-9-16(20)15-34-25-28-27-24(29(25)19-11-7-6-10-18(19)26)17-13-21(31-2)23(33-4)22(14-17)32-3/h5-14H,15H2,1-4H3. The molecule has 7 nitrogen and oxygen atoms in total. The first-order valence-corrected chi connectivity index (χ1v) is 11.3. The van der Waals surface area contributed by atoms with E-state index >= 15 is 0 Å². The molecule has 0 aliphatic rings. The molecule has 0 radical (unpaired) electrons. The molecule has 9 heteroatoms. The van der Waals surface area contributed by atoms with Crippen LogP contribution in [-0.2, 0) is 5.75 Å². The lowest BCUT2D eigenvalue weighted by Gasteiger charge is -2.15. The maximum atomic E-state index is 14.9. The lowest BCUT2D eigenvalue weighted by molar-refractivity contribution is 0.324. The Morgan fingerprint density at radius 1 is 0.794 bits per heavy atom. The molecule has 1 aromatic heterocycles. The Morgan fingerprint density at radius 2 is 1.44 bits per heavy atom. The Labute approximate surface area is 201 Å². The molecule has 0 aliphatic carbocycles. The summed E-state index contributed by atoms with van der Waals surface area (Å²) >= 11 is 1.43. The molecule has 0 fully saturated rings. The van der Waals surface area contributed by atoms with Gasteiger partial charge in [0, 0.05) is 16.9 Å². The van der Waals surface area contributed by atoms with Crippen molar-refractivity contribution in [2.45, 2.75) is 10.9 Å². The van der Waals surface area contributed by atoms with E-state index in [1.54, 1.807) is 42.0 Å². The van der Waals surface area contributed by atoms with Crippen molar-refractivity contribution < 1.29 is 23.3 Å². The Balaban J connectivity index is 1.83. The van der Waals surface area contributed by atoms with Crippen molar-refractivity contribution >= 4 is 11.8 Å². The number of hydrogen-bond acceptors (Lipinski definition) is 7. The third kappa shape index (κ3) is 4.51. The van der Waals surface area contributed by atoms with Crippen LogP contribution in [0.5, 0.6) is 23.0 Å². The van der Waals surface area contributed by atoms with Crippen molar-refractivity contribution in [1.29, 1.82) is 0 Å². The largest absolute Gasteiger partial charge is 0.496 e. The molecule has 176 valence electrons. The van der Waals surface area contributed by atoms with Gasteiger partial charge in [0.25, 0.3) is 0 Å². The number of rotatable bonds is 9. The zero-order chi connectivity index (χ0) is 24.1. The Bertz CT molecular complexity index is 1270. The summed E-state index contributed by atoms with van der Waals surface area (Å²) in [5.41, 5.74) is 1.96. The van der Waals surface area contributed by atoms with E-state index in [4.69, 9.17) is 18.9 Å². The van der Waals surface area contributed by atoms with Crippen molar-refractivity contribution in [1.82, 2.24) is 14.8 Å². The molecule has 4 rings (SSSR count). The number of para-hydroxylation sites is 2. The molecule has 1 heterocycles. The van der Waals surface area contributed by atoms with E-state index in [0.29, 0.717) is 45.2 Å². The van der Waals surface area contributed by atoms with Gasteiger partial charge in [0.15, 0.2) is 22.5 Å². The fourth-order valence-corrected chi connectivity index (χ4v) is 4.51.